The number of fused-ring (bicyclic) bond motifs is 1. The minimum absolute atomic E-state index is 0.0891. The maximum Gasteiger partial charge on any atom is 0.339 e. The third-order valence-corrected chi connectivity index (χ3v) is 5.76. The van der Waals surface area contributed by atoms with Crippen molar-refractivity contribution in [3.8, 4) is 16.9 Å². The van der Waals surface area contributed by atoms with E-state index in [1.165, 1.54) is 11.3 Å². The number of carbonyl (C=O) groups is 2. The predicted molar refractivity (Wildman–Crippen MR) is 108 cm³/mol. The molecule has 1 aliphatic rings. The highest BCUT2D eigenvalue weighted by Crippen LogP contribution is 2.37. The number of aromatic carboxylic acids is 1. The zero-order valence-corrected chi connectivity index (χ0v) is 16.3. The number of halogens is 1. The van der Waals surface area contributed by atoms with Crippen LogP contribution in [0.4, 0.5) is 5.00 Å². The Hall–Kier alpha value is -2.64. The van der Waals surface area contributed by atoms with Crippen molar-refractivity contribution in [2.75, 3.05) is 5.32 Å². The van der Waals surface area contributed by atoms with Gasteiger partial charge in [-0.25, -0.2) is 4.79 Å². The van der Waals surface area contributed by atoms with Crippen molar-refractivity contribution in [1.29, 1.82) is 0 Å². The molecule has 5 nitrogen and oxygen atoms in total. The molecule has 0 radical (unpaired) electrons. The van der Waals surface area contributed by atoms with E-state index in [9.17, 15) is 14.7 Å². The van der Waals surface area contributed by atoms with E-state index in [1.54, 1.807) is 5.38 Å². The SMILES string of the molecule is O=C(O)c1c(-c2ccc(Br)cc2)csc1NC(=O)C1Cc2ccccc2O1. The highest BCUT2D eigenvalue weighted by Gasteiger charge is 2.30. The molecule has 3 aromatic rings. The summed E-state index contributed by atoms with van der Waals surface area (Å²) in [7, 11) is 0. The summed E-state index contributed by atoms with van der Waals surface area (Å²) in [5.41, 5.74) is 2.41. The molecule has 1 atom stereocenters. The van der Waals surface area contributed by atoms with E-state index in [0.29, 0.717) is 22.7 Å². The van der Waals surface area contributed by atoms with Crippen LogP contribution >= 0.6 is 27.3 Å². The number of benzene rings is 2. The standard InChI is InChI=1S/C20H14BrNO4S/c21-13-7-5-11(6-8-13)14-10-27-19(17(14)20(24)25)22-18(23)16-9-12-3-1-2-4-15(12)26-16/h1-8,10,16H,9H2,(H,22,23)(H,24,25). The summed E-state index contributed by atoms with van der Waals surface area (Å²) < 4.78 is 6.59. The van der Waals surface area contributed by atoms with Crippen molar-refractivity contribution in [1.82, 2.24) is 0 Å². The zero-order valence-electron chi connectivity index (χ0n) is 13.9. The molecular weight excluding hydrogens is 430 g/mol. The van der Waals surface area contributed by atoms with E-state index >= 15 is 0 Å². The van der Waals surface area contributed by atoms with Gasteiger partial charge in [-0.3, -0.25) is 4.79 Å². The number of thiophene rings is 1. The lowest BCUT2D eigenvalue weighted by Gasteiger charge is -2.11. The van der Waals surface area contributed by atoms with Crippen molar-refractivity contribution in [3.05, 3.63) is 69.5 Å². The molecule has 0 aliphatic carbocycles. The second kappa shape index (κ2) is 7.17. The molecule has 2 aromatic carbocycles. The van der Waals surface area contributed by atoms with Crippen molar-refractivity contribution in [2.45, 2.75) is 12.5 Å². The summed E-state index contributed by atoms with van der Waals surface area (Å²) in [5, 5.41) is 14.5. The van der Waals surface area contributed by atoms with Gasteiger partial charge in [-0.05, 0) is 29.3 Å². The molecule has 136 valence electrons. The van der Waals surface area contributed by atoms with E-state index in [0.717, 1.165) is 15.6 Å². The molecule has 0 fully saturated rings. The number of rotatable bonds is 4. The van der Waals surface area contributed by atoms with Gasteiger partial charge in [0.15, 0.2) is 6.10 Å². The second-order valence-corrected chi connectivity index (χ2v) is 7.87. The van der Waals surface area contributed by atoms with Crippen LogP contribution < -0.4 is 10.1 Å². The first-order valence-electron chi connectivity index (χ1n) is 8.19. The van der Waals surface area contributed by atoms with Crippen LogP contribution in [0.1, 0.15) is 15.9 Å². The molecule has 1 unspecified atom stereocenters. The zero-order chi connectivity index (χ0) is 19.0. The number of carboxylic acids is 1. The van der Waals surface area contributed by atoms with Gasteiger partial charge in [0.05, 0.1) is 0 Å². The van der Waals surface area contributed by atoms with Crippen LogP contribution in [0.25, 0.3) is 11.1 Å². The lowest BCUT2D eigenvalue weighted by molar-refractivity contribution is -0.122. The Bertz CT molecular complexity index is 1000. The predicted octanol–water partition coefficient (Wildman–Crippen LogP) is 4.82. The number of hydrogen-bond acceptors (Lipinski definition) is 4. The number of amides is 1. The molecule has 1 aromatic heterocycles. The Morgan fingerprint density at radius 3 is 2.59 bits per heavy atom. The molecule has 2 N–H and O–H groups in total. The Labute approximate surface area is 167 Å². The van der Waals surface area contributed by atoms with Gasteiger partial charge in [-0.2, -0.15) is 0 Å². The molecule has 2 heterocycles. The number of carbonyl (C=O) groups excluding carboxylic acids is 1. The van der Waals surface area contributed by atoms with Gasteiger partial charge < -0.3 is 15.2 Å². The van der Waals surface area contributed by atoms with Crippen LogP contribution in [-0.4, -0.2) is 23.1 Å². The van der Waals surface area contributed by atoms with Crippen LogP contribution in [0.3, 0.4) is 0 Å². The number of carboxylic acid groups (broad SMARTS) is 1. The number of anilines is 1. The van der Waals surface area contributed by atoms with Gasteiger partial charge >= 0.3 is 5.97 Å². The summed E-state index contributed by atoms with van der Waals surface area (Å²) in [6, 6.07) is 14.9. The second-order valence-electron chi connectivity index (χ2n) is 6.07. The first-order chi connectivity index (χ1) is 13.0. The lowest BCUT2D eigenvalue weighted by Crippen LogP contribution is -2.31. The third kappa shape index (κ3) is 3.48. The molecule has 0 saturated heterocycles. The van der Waals surface area contributed by atoms with Gasteiger partial charge in [0, 0.05) is 21.8 Å². The number of ether oxygens (including phenoxy) is 1. The molecular formula is C20H14BrNO4S. The smallest absolute Gasteiger partial charge is 0.339 e. The van der Waals surface area contributed by atoms with E-state index in [4.69, 9.17) is 4.74 Å². The van der Waals surface area contributed by atoms with Crippen LogP contribution in [0.5, 0.6) is 5.75 Å². The van der Waals surface area contributed by atoms with Crippen molar-refractivity contribution >= 4 is 44.1 Å². The molecule has 0 saturated carbocycles. The van der Waals surface area contributed by atoms with Gasteiger partial charge in [-0.1, -0.05) is 46.3 Å². The fourth-order valence-corrected chi connectivity index (χ4v) is 4.25. The summed E-state index contributed by atoms with van der Waals surface area (Å²) in [6.45, 7) is 0. The van der Waals surface area contributed by atoms with E-state index in [1.807, 2.05) is 48.5 Å². The summed E-state index contributed by atoms with van der Waals surface area (Å²) in [5.74, 6) is -0.740. The lowest BCUT2D eigenvalue weighted by atomic mass is 10.0. The first kappa shape index (κ1) is 17.8. The van der Waals surface area contributed by atoms with Crippen molar-refractivity contribution in [3.63, 3.8) is 0 Å². The number of hydrogen-bond donors (Lipinski definition) is 2. The van der Waals surface area contributed by atoms with Gasteiger partial charge in [-0.15, -0.1) is 11.3 Å². The van der Waals surface area contributed by atoms with Gasteiger partial charge in [0.2, 0.25) is 0 Å². The van der Waals surface area contributed by atoms with Crippen LogP contribution in [0.2, 0.25) is 0 Å². The average Bonchev–Trinajstić information content (AvgIpc) is 3.26. The molecule has 4 rings (SSSR count). The Morgan fingerprint density at radius 2 is 1.89 bits per heavy atom. The van der Waals surface area contributed by atoms with E-state index in [2.05, 4.69) is 21.2 Å². The number of nitrogens with one attached hydrogen (secondary N) is 1. The largest absolute Gasteiger partial charge is 0.480 e. The van der Waals surface area contributed by atoms with Gasteiger partial charge in [0.1, 0.15) is 16.3 Å². The van der Waals surface area contributed by atoms with Crippen LogP contribution in [-0.2, 0) is 11.2 Å². The summed E-state index contributed by atoms with van der Waals surface area (Å²) in [4.78, 5) is 24.5. The van der Waals surface area contributed by atoms with E-state index in [-0.39, 0.29) is 11.5 Å². The minimum atomic E-state index is -1.08. The maximum absolute atomic E-state index is 12.6. The van der Waals surface area contributed by atoms with Crippen LogP contribution in [0.15, 0.2) is 58.4 Å². The highest BCUT2D eigenvalue weighted by atomic mass is 79.9. The number of para-hydroxylation sites is 1. The monoisotopic (exact) mass is 443 g/mol. The Kier molecular flexibility index (Phi) is 4.72. The minimum Gasteiger partial charge on any atom is -0.480 e. The fraction of sp³-hybridized carbons (Fsp3) is 0.100. The van der Waals surface area contributed by atoms with Crippen LogP contribution in [0, 0.1) is 0 Å². The molecule has 1 amide bonds. The Morgan fingerprint density at radius 1 is 1.15 bits per heavy atom. The van der Waals surface area contributed by atoms with Crippen molar-refractivity contribution < 1.29 is 19.4 Å². The quantitative estimate of drug-likeness (QED) is 0.605. The fourth-order valence-electron chi connectivity index (χ4n) is 3.02. The highest BCUT2D eigenvalue weighted by molar-refractivity contribution is 9.10. The molecule has 0 spiro atoms. The average molecular weight is 444 g/mol. The van der Waals surface area contributed by atoms with Gasteiger partial charge in [0.25, 0.3) is 5.91 Å². The molecule has 1 aliphatic heterocycles. The summed E-state index contributed by atoms with van der Waals surface area (Å²) in [6.07, 6.45) is -0.197. The third-order valence-electron chi connectivity index (χ3n) is 4.34. The first-order valence-corrected chi connectivity index (χ1v) is 9.86. The maximum atomic E-state index is 12.6. The topological polar surface area (TPSA) is 75.6 Å². The molecule has 7 heteroatoms. The molecule has 0 bridgehead atoms. The van der Waals surface area contributed by atoms with E-state index < -0.39 is 12.1 Å². The Balaban J connectivity index is 1.58. The summed E-state index contributed by atoms with van der Waals surface area (Å²) >= 11 is 4.56. The normalized spacial score (nSPS) is 15.1. The molecule has 27 heavy (non-hydrogen) atoms. The van der Waals surface area contributed by atoms with Crippen molar-refractivity contribution in [2.24, 2.45) is 0 Å².